The number of carbonyl (C=O) groups is 1. The molecule has 4 aromatic rings. The van der Waals surface area contributed by atoms with Crippen LogP contribution < -0.4 is 9.64 Å². The molecule has 0 unspecified atom stereocenters. The van der Waals surface area contributed by atoms with Crippen LogP contribution in [0.2, 0.25) is 0 Å². The maximum absolute atomic E-state index is 14.5. The molecule has 1 aromatic heterocycles. The zero-order chi connectivity index (χ0) is 24.9. The minimum atomic E-state index is -1.21. The van der Waals surface area contributed by atoms with Gasteiger partial charge in [-0.05, 0) is 41.8 Å². The van der Waals surface area contributed by atoms with Crippen LogP contribution in [0.3, 0.4) is 0 Å². The molecule has 35 heavy (non-hydrogen) atoms. The van der Waals surface area contributed by atoms with E-state index in [0.29, 0.717) is 51.7 Å². The molecule has 0 bridgehead atoms. The molecule has 0 aliphatic rings. The van der Waals surface area contributed by atoms with Crippen LogP contribution in [-0.4, -0.2) is 29.7 Å². The Morgan fingerprint density at radius 1 is 1.06 bits per heavy atom. The normalized spacial score (nSPS) is 10.6. The number of carboxylic acids is 1. The lowest BCUT2D eigenvalue weighted by Crippen LogP contribution is -2.25. The first kappa shape index (κ1) is 24.1. The average Bonchev–Trinajstić information content (AvgIpc) is 3.24. The third-order valence-electron chi connectivity index (χ3n) is 5.24. The Kier molecular flexibility index (Phi) is 7.22. The van der Waals surface area contributed by atoms with Gasteiger partial charge in [0.2, 0.25) is 0 Å². The number of thiazole rings is 1. The number of fused-ring (bicyclic) bond motifs is 1. The second-order valence-electron chi connectivity index (χ2n) is 7.61. The smallest absolute Gasteiger partial charge is 0.382 e. The summed E-state index contributed by atoms with van der Waals surface area (Å²) >= 11 is 1.21. The number of hydrogen-bond acceptors (Lipinski definition) is 5. The summed E-state index contributed by atoms with van der Waals surface area (Å²) in [5.41, 5.74) is 2.25. The van der Waals surface area contributed by atoms with E-state index in [9.17, 15) is 18.0 Å². The van der Waals surface area contributed by atoms with Crippen molar-refractivity contribution >= 4 is 32.7 Å². The number of aliphatic carboxylic acids is 1. The zero-order valence-electron chi connectivity index (χ0n) is 18.5. The summed E-state index contributed by atoms with van der Waals surface area (Å²) < 4.78 is 47.5. The standard InChI is InChI=1S/C26H19F3N2O3S/c1-34-19-8-7-18(20(27)12-19)10-11-31(15-17-4-2-16(3-5-17)6-9-25(32)33)26-30-23-13-21(28)22(29)14-24(23)35-26/h2-5,7-8,12-14H,10-11,15H2,1H3,(H,32,33). The van der Waals surface area contributed by atoms with Crippen LogP contribution in [-0.2, 0) is 17.8 Å². The summed E-state index contributed by atoms with van der Waals surface area (Å²) in [6, 6.07) is 13.9. The molecule has 0 saturated heterocycles. The molecule has 9 heteroatoms. The van der Waals surface area contributed by atoms with Gasteiger partial charge in [0.15, 0.2) is 16.8 Å². The fourth-order valence-corrected chi connectivity index (χ4v) is 4.44. The molecule has 3 aromatic carbocycles. The van der Waals surface area contributed by atoms with Crippen molar-refractivity contribution < 1.29 is 27.8 Å². The van der Waals surface area contributed by atoms with Crippen molar-refractivity contribution in [3.05, 3.63) is 88.7 Å². The van der Waals surface area contributed by atoms with Crippen LogP contribution >= 0.6 is 11.3 Å². The maximum atomic E-state index is 14.5. The van der Waals surface area contributed by atoms with Gasteiger partial charge in [-0.2, -0.15) is 0 Å². The molecule has 0 aliphatic carbocycles. The van der Waals surface area contributed by atoms with Gasteiger partial charge in [0.1, 0.15) is 11.6 Å². The second kappa shape index (κ2) is 10.5. The van der Waals surface area contributed by atoms with Crippen LogP contribution in [0.5, 0.6) is 5.75 Å². The number of methoxy groups -OCH3 is 1. The Hall–Kier alpha value is -4.03. The number of rotatable bonds is 7. The van der Waals surface area contributed by atoms with Crippen LogP contribution in [0.15, 0.2) is 54.6 Å². The van der Waals surface area contributed by atoms with Crippen molar-refractivity contribution in [3.8, 4) is 17.6 Å². The molecule has 0 fully saturated rings. The fourth-order valence-electron chi connectivity index (χ4n) is 3.44. The van der Waals surface area contributed by atoms with Gasteiger partial charge >= 0.3 is 5.97 Å². The van der Waals surface area contributed by atoms with Gasteiger partial charge in [0, 0.05) is 36.7 Å². The van der Waals surface area contributed by atoms with Gasteiger partial charge in [-0.15, -0.1) is 0 Å². The number of aromatic nitrogens is 1. The number of nitrogens with zero attached hydrogens (tertiary/aromatic N) is 2. The Labute approximate surface area is 203 Å². The van der Waals surface area contributed by atoms with Gasteiger partial charge in [-0.1, -0.05) is 35.5 Å². The summed E-state index contributed by atoms with van der Waals surface area (Å²) in [7, 11) is 1.47. The molecule has 0 saturated carbocycles. The van der Waals surface area contributed by atoms with Crippen molar-refractivity contribution in [2.24, 2.45) is 0 Å². The molecular formula is C26H19F3N2O3S. The third kappa shape index (κ3) is 5.91. The minimum absolute atomic E-state index is 0.337. The first-order valence-electron chi connectivity index (χ1n) is 10.5. The number of hydrogen-bond donors (Lipinski definition) is 1. The van der Waals surface area contributed by atoms with E-state index in [-0.39, 0.29) is 5.82 Å². The lowest BCUT2D eigenvalue weighted by Gasteiger charge is -2.22. The molecule has 0 amide bonds. The molecule has 1 heterocycles. The Bertz CT molecular complexity index is 1400. The highest BCUT2D eigenvalue weighted by Crippen LogP contribution is 2.31. The Balaban J connectivity index is 1.61. The van der Waals surface area contributed by atoms with Crippen molar-refractivity contribution in [2.75, 3.05) is 18.6 Å². The third-order valence-corrected chi connectivity index (χ3v) is 6.32. The van der Waals surface area contributed by atoms with Crippen LogP contribution in [0.25, 0.3) is 10.2 Å². The lowest BCUT2D eigenvalue weighted by molar-refractivity contribution is -0.130. The van der Waals surface area contributed by atoms with E-state index in [0.717, 1.165) is 17.7 Å². The predicted octanol–water partition coefficient (Wildman–Crippen LogP) is 5.41. The average molecular weight is 497 g/mol. The van der Waals surface area contributed by atoms with Crippen LogP contribution in [0, 0.1) is 29.3 Å². The molecular weight excluding hydrogens is 477 g/mol. The summed E-state index contributed by atoms with van der Waals surface area (Å²) in [5.74, 6) is 1.51. The number of carboxylic acid groups (broad SMARTS) is 1. The molecule has 4 rings (SSSR count). The van der Waals surface area contributed by atoms with Gasteiger partial charge in [0.25, 0.3) is 0 Å². The number of halogens is 3. The van der Waals surface area contributed by atoms with Crippen LogP contribution in [0.4, 0.5) is 18.3 Å². The van der Waals surface area contributed by atoms with Crippen LogP contribution in [0.1, 0.15) is 16.7 Å². The maximum Gasteiger partial charge on any atom is 0.382 e. The highest BCUT2D eigenvalue weighted by Gasteiger charge is 2.16. The summed E-state index contributed by atoms with van der Waals surface area (Å²) in [6.45, 7) is 0.768. The molecule has 1 N–H and O–H groups in total. The lowest BCUT2D eigenvalue weighted by atomic mass is 10.1. The van der Waals surface area contributed by atoms with E-state index in [1.807, 2.05) is 4.90 Å². The molecule has 0 aliphatic heterocycles. The summed E-state index contributed by atoms with van der Waals surface area (Å²) in [5, 5.41) is 9.24. The molecule has 0 spiro atoms. The first-order valence-corrected chi connectivity index (χ1v) is 11.3. The Morgan fingerprint density at radius 2 is 1.80 bits per heavy atom. The number of anilines is 1. The minimum Gasteiger partial charge on any atom is -0.497 e. The molecule has 0 radical (unpaired) electrons. The molecule has 178 valence electrons. The summed E-state index contributed by atoms with van der Waals surface area (Å²) in [6.07, 6.45) is 0.358. The van der Waals surface area contributed by atoms with E-state index in [2.05, 4.69) is 16.8 Å². The van der Waals surface area contributed by atoms with Gasteiger partial charge in [0.05, 0.1) is 17.3 Å². The first-order chi connectivity index (χ1) is 16.8. The van der Waals surface area contributed by atoms with Crippen molar-refractivity contribution in [3.63, 3.8) is 0 Å². The monoisotopic (exact) mass is 496 g/mol. The van der Waals surface area contributed by atoms with Gasteiger partial charge in [-0.3, -0.25) is 0 Å². The van der Waals surface area contributed by atoms with Crippen molar-refractivity contribution in [2.45, 2.75) is 13.0 Å². The second-order valence-corrected chi connectivity index (χ2v) is 8.62. The van der Waals surface area contributed by atoms with Gasteiger partial charge < -0.3 is 14.7 Å². The fraction of sp³-hybridized carbons (Fsp3) is 0.154. The summed E-state index contributed by atoms with van der Waals surface area (Å²) in [4.78, 5) is 17.0. The van der Waals surface area contributed by atoms with E-state index in [1.165, 1.54) is 24.5 Å². The number of ether oxygens (including phenoxy) is 1. The Morgan fingerprint density at radius 3 is 2.49 bits per heavy atom. The van der Waals surface area contributed by atoms with Crippen molar-refractivity contribution in [1.82, 2.24) is 4.98 Å². The van der Waals surface area contributed by atoms with Crippen molar-refractivity contribution in [1.29, 1.82) is 0 Å². The van der Waals surface area contributed by atoms with E-state index in [4.69, 9.17) is 9.84 Å². The predicted molar refractivity (Wildman–Crippen MR) is 128 cm³/mol. The molecule has 0 atom stereocenters. The van der Waals surface area contributed by atoms with Gasteiger partial charge in [-0.25, -0.2) is 22.9 Å². The van der Waals surface area contributed by atoms with E-state index in [1.54, 1.807) is 36.4 Å². The van der Waals surface area contributed by atoms with E-state index >= 15 is 0 Å². The number of benzene rings is 3. The largest absolute Gasteiger partial charge is 0.497 e. The highest BCUT2D eigenvalue weighted by atomic mass is 32.1. The zero-order valence-corrected chi connectivity index (χ0v) is 19.3. The highest BCUT2D eigenvalue weighted by molar-refractivity contribution is 7.22. The quantitative estimate of drug-likeness (QED) is 0.347. The SMILES string of the molecule is COc1ccc(CCN(Cc2ccc(C#CC(=O)O)cc2)c2nc3cc(F)c(F)cc3s2)c(F)c1. The topological polar surface area (TPSA) is 62.7 Å². The molecule has 5 nitrogen and oxygen atoms in total. The van der Waals surface area contributed by atoms with E-state index < -0.39 is 17.6 Å².